The van der Waals surface area contributed by atoms with Crippen LogP contribution < -0.4 is 26.1 Å². The first-order chi connectivity index (χ1) is 15.1. The molecule has 0 atom stereocenters. The molecule has 0 spiro atoms. The first kappa shape index (κ1) is 21.0. The molecule has 0 aliphatic carbocycles. The van der Waals surface area contributed by atoms with Crippen LogP contribution >= 0.6 is 0 Å². The van der Waals surface area contributed by atoms with Crippen molar-refractivity contribution in [3.8, 4) is 0 Å². The molecule has 0 bridgehead atoms. The molecule has 4 N–H and O–H groups in total. The van der Waals surface area contributed by atoms with Crippen molar-refractivity contribution in [1.29, 1.82) is 0 Å². The van der Waals surface area contributed by atoms with Crippen LogP contribution in [0.15, 0.2) is 47.9 Å². The maximum absolute atomic E-state index is 13.2. The lowest BCUT2D eigenvalue weighted by Gasteiger charge is -2.23. The number of anilines is 1. The van der Waals surface area contributed by atoms with E-state index in [9.17, 15) is 9.59 Å². The van der Waals surface area contributed by atoms with Crippen LogP contribution in [0.4, 0.5) is 5.82 Å². The van der Waals surface area contributed by atoms with Gasteiger partial charge in [0.2, 0.25) is 11.5 Å². The second-order valence-corrected chi connectivity index (χ2v) is 7.64. The number of pyridine rings is 2. The van der Waals surface area contributed by atoms with Crippen molar-refractivity contribution in [1.82, 2.24) is 14.7 Å². The van der Waals surface area contributed by atoms with E-state index in [-0.39, 0.29) is 17.0 Å². The number of hydrogen-bond donors (Lipinski definition) is 3. The second-order valence-electron chi connectivity index (χ2n) is 7.64. The lowest BCUT2D eigenvalue weighted by atomic mass is 10.1. The molecule has 1 aliphatic rings. The van der Waals surface area contributed by atoms with Gasteiger partial charge in [0.1, 0.15) is 24.0 Å². The maximum Gasteiger partial charge on any atom is 0.278 e. The average molecular weight is 425 g/mol. The molecule has 4 heterocycles. The lowest BCUT2D eigenvalue weighted by Crippen LogP contribution is -3.14. The fraction of sp³-hybridized carbons (Fsp3) is 0.364. The summed E-state index contributed by atoms with van der Waals surface area (Å²) < 4.78 is 8.70. The summed E-state index contributed by atoms with van der Waals surface area (Å²) in [6.45, 7) is 8.96. The number of hydrogen-bond acceptors (Lipinski definition) is 5. The van der Waals surface area contributed by atoms with Crippen LogP contribution in [0.1, 0.15) is 16.8 Å². The Labute approximate surface area is 179 Å². The lowest BCUT2D eigenvalue weighted by molar-refractivity contribution is -0.910. The Morgan fingerprint density at radius 1 is 1.39 bits per heavy atom. The summed E-state index contributed by atoms with van der Waals surface area (Å²) >= 11 is 0. The van der Waals surface area contributed by atoms with Gasteiger partial charge in [-0.2, -0.15) is 0 Å². The number of nitrogen functional groups attached to an aromatic ring is 1. The van der Waals surface area contributed by atoms with Crippen LogP contribution in [0, 0.1) is 0 Å². The van der Waals surface area contributed by atoms with Gasteiger partial charge in [0.05, 0.1) is 26.3 Å². The van der Waals surface area contributed by atoms with Crippen molar-refractivity contribution >= 4 is 28.4 Å². The maximum atomic E-state index is 13.2. The van der Waals surface area contributed by atoms with E-state index < -0.39 is 0 Å². The molecule has 162 valence electrons. The smallest absolute Gasteiger partial charge is 0.278 e. The van der Waals surface area contributed by atoms with Crippen LogP contribution in [0.25, 0.3) is 16.7 Å². The molecule has 0 unspecified atom stereocenters. The molecule has 9 heteroatoms. The minimum atomic E-state index is -0.343. The number of carbonyl (C=O) groups excluding carboxylic acids is 1. The van der Waals surface area contributed by atoms with Crippen molar-refractivity contribution < 1.29 is 19.0 Å². The van der Waals surface area contributed by atoms with Gasteiger partial charge in [-0.05, 0) is 18.2 Å². The van der Waals surface area contributed by atoms with Crippen LogP contribution in [-0.2, 0) is 11.3 Å². The van der Waals surface area contributed by atoms with E-state index in [1.807, 2.05) is 6.07 Å². The van der Waals surface area contributed by atoms with Gasteiger partial charge >= 0.3 is 0 Å². The summed E-state index contributed by atoms with van der Waals surface area (Å²) in [6.07, 6.45) is 4.11. The normalized spacial score (nSPS) is 14.7. The van der Waals surface area contributed by atoms with Crippen molar-refractivity contribution in [2.45, 2.75) is 13.0 Å². The first-order valence-electron chi connectivity index (χ1n) is 10.5. The number of fused-ring (bicyclic) bond motifs is 2. The topological polar surface area (TPSA) is 107 Å². The number of nitrogens with one attached hydrogen (secondary N) is 2. The number of aryl methyl sites for hydroxylation is 1. The van der Waals surface area contributed by atoms with E-state index in [2.05, 4.69) is 11.9 Å². The quantitative estimate of drug-likeness (QED) is 0.255. The molecule has 3 aromatic rings. The third kappa shape index (κ3) is 4.28. The predicted molar refractivity (Wildman–Crippen MR) is 117 cm³/mol. The average Bonchev–Trinajstić information content (AvgIpc) is 2.80. The van der Waals surface area contributed by atoms with E-state index >= 15 is 0 Å². The number of ether oxygens (including phenoxy) is 1. The summed E-state index contributed by atoms with van der Waals surface area (Å²) in [7, 11) is 0. The molecule has 0 saturated carbocycles. The third-order valence-corrected chi connectivity index (χ3v) is 5.62. The number of rotatable bonds is 7. The van der Waals surface area contributed by atoms with Gasteiger partial charge in [0.25, 0.3) is 17.1 Å². The summed E-state index contributed by atoms with van der Waals surface area (Å²) in [5, 5.41) is 3.11. The van der Waals surface area contributed by atoms with Crippen LogP contribution in [0.5, 0.6) is 0 Å². The summed E-state index contributed by atoms with van der Waals surface area (Å²) in [5.74, 6) is -0.0392. The molecule has 0 radical (unpaired) electrons. The number of quaternary nitrogens is 1. The molecule has 1 fully saturated rings. The molecular formula is C22H28N6O3+2. The van der Waals surface area contributed by atoms with Crippen molar-refractivity contribution in [2.24, 2.45) is 0 Å². The zero-order valence-electron chi connectivity index (χ0n) is 17.5. The Bertz CT molecular complexity index is 1180. The number of aromatic nitrogens is 3. The second kappa shape index (κ2) is 9.23. The van der Waals surface area contributed by atoms with Gasteiger partial charge in [-0.1, -0.05) is 17.1 Å². The molecule has 0 aromatic carbocycles. The fourth-order valence-corrected chi connectivity index (χ4v) is 3.97. The third-order valence-electron chi connectivity index (χ3n) is 5.62. The minimum absolute atomic E-state index is 0.231. The number of nitrogens with zero attached hydrogens (tertiary/aromatic N) is 3. The Kier molecular flexibility index (Phi) is 6.24. The summed E-state index contributed by atoms with van der Waals surface area (Å²) in [6, 6.07) is 6.93. The highest BCUT2D eigenvalue weighted by molar-refractivity contribution is 6.00. The van der Waals surface area contributed by atoms with E-state index in [0.717, 1.165) is 39.3 Å². The van der Waals surface area contributed by atoms with E-state index in [0.29, 0.717) is 35.6 Å². The summed E-state index contributed by atoms with van der Waals surface area (Å²) in [4.78, 5) is 32.1. The van der Waals surface area contributed by atoms with E-state index in [1.54, 1.807) is 35.0 Å². The zero-order valence-corrected chi connectivity index (χ0v) is 17.5. The van der Waals surface area contributed by atoms with E-state index in [4.69, 9.17) is 15.5 Å². The van der Waals surface area contributed by atoms with Crippen LogP contribution in [0.3, 0.4) is 0 Å². The zero-order chi connectivity index (χ0) is 21.8. The standard InChI is InChI=1S/C22H26N6O3/c1-2-7-24-21(29)16-15-17-20(25-18-6-3-4-9-27(18)22(17)30)28(19(16)23)10-5-8-26-11-13-31-14-12-26/h2-4,6,9,15,23H,1,5,7-8,10-14H2,(H,24,29)/p+2. The molecule has 31 heavy (non-hydrogen) atoms. The largest absolute Gasteiger partial charge is 0.370 e. The molecule has 4 rings (SSSR count). The highest BCUT2D eigenvalue weighted by Crippen LogP contribution is 2.14. The molecular weight excluding hydrogens is 396 g/mol. The monoisotopic (exact) mass is 424 g/mol. The Balaban J connectivity index is 1.78. The van der Waals surface area contributed by atoms with Gasteiger partial charge in [-0.3, -0.25) is 14.0 Å². The molecule has 9 nitrogen and oxygen atoms in total. The Morgan fingerprint density at radius 3 is 2.97 bits per heavy atom. The van der Waals surface area contributed by atoms with Crippen LogP contribution in [0.2, 0.25) is 0 Å². The molecule has 1 amide bonds. The van der Waals surface area contributed by atoms with E-state index in [1.165, 1.54) is 9.30 Å². The predicted octanol–water partition coefficient (Wildman–Crippen LogP) is -1.06. The van der Waals surface area contributed by atoms with Gasteiger partial charge in [0.15, 0.2) is 0 Å². The number of carbonyl (C=O) groups is 1. The molecule has 1 saturated heterocycles. The highest BCUT2D eigenvalue weighted by atomic mass is 16.5. The van der Waals surface area contributed by atoms with Crippen molar-refractivity contribution in [2.75, 3.05) is 45.1 Å². The molecule has 3 aromatic heterocycles. The van der Waals surface area contributed by atoms with Gasteiger partial charge in [-0.15, -0.1) is 6.58 Å². The van der Waals surface area contributed by atoms with Crippen molar-refractivity contribution in [3.63, 3.8) is 0 Å². The highest BCUT2D eigenvalue weighted by Gasteiger charge is 2.24. The summed E-state index contributed by atoms with van der Waals surface area (Å²) in [5.41, 5.74) is 7.50. The molecule has 1 aliphatic heterocycles. The fourth-order valence-electron chi connectivity index (χ4n) is 3.97. The number of morpholine rings is 1. The SMILES string of the molecule is C=CCNC(=O)c1cc2c(=O)n3ccccc3nc2[n+](CCC[NH+]2CCOCC2)c1N. The van der Waals surface area contributed by atoms with Gasteiger partial charge < -0.3 is 20.7 Å². The van der Waals surface area contributed by atoms with Gasteiger partial charge in [-0.25, -0.2) is 4.57 Å². The Hall–Kier alpha value is -3.30. The van der Waals surface area contributed by atoms with Crippen LogP contribution in [-0.4, -0.2) is 54.7 Å². The number of amides is 1. The minimum Gasteiger partial charge on any atom is -0.370 e. The first-order valence-corrected chi connectivity index (χ1v) is 10.5. The number of nitrogens with two attached hydrogens (primary N) is 1. The Morgan fingerprint density at radius 2 is 2.19 bits per heavy atom. The van der Waals surface area contributed by atoms with Gasteiger partial charge in [0, 0.05) is 19.2 Å². The van der Waals surface area contributed by atoms with Crippen molar-refractivity contribution in [3.05, 3.63) is 59.0 Å².